The summed E-state index contributed by atoms with van der Waals surface area (Å²) in [5.41, 5.74) is 1.08. The number of ether oxygens (including phenoxy) is 2. The van der Waals surface area contributed by atoms with E-state index in [0.717, 1.165) is 4.90 Å². The minimum atomic E-state index is -0.291. The van der Waals surface area contributed by atoms with Crippen LogP contribution in [0.1, 0.15) is 19.4 Å². The third-order valence-electron chi connectivity index (χ3n) is 3.27. The molecule has 2 rings (SSSR count). The molecule has 0 aromatic heterocycles. The quantitative estimate of drug-likeness (QED) is 0.780. The first kappa shape index (κ1) is 16.4. The molecule has 5 nitrogen and oxygen atoms in total. The summed E-state index contributed by atoms with van der Waals surface area (Å²) in [5.74, 6) is 0.556. The molecule has 0 radical (unpaired) electrons. The minimum Gasteiger partial charge on any atom is -0.493 e. The van der Waals surface area contributed by atoms with Crippen molar-refractivity contribution in [1.82, 2.24) is 4.90 Å². The standard InChI is InChI=1S/C16H19NO4S/c1-9(2)22-14-13(15(18)17(3)16(14)19)10-6-7-11(20-4)12(8-10)21-5/h6-9H,1-5H3. The summed E-state index contributed by atoms with van der Waals surface area (Å²) in [6.07, 6.45) is 0. The first-order chi connectivity index (χ1) is 10.4. The normalized spacial score (nSPS) is 15.1. The van der Waals surface area contributed by atoms with E-state index in [-0.39, 0.29) is 17.1 Å². The van der Waals surface area contributed by atoms with Crippen molar-refractivity contribution in [2.45, 2.75) is 19.1 Å². The van der Waals surface area contributed by atoms with Gasteiger partial charge in [-0.05, 0) is 17.7 Å². The Morgan fingerprint density at radius 3 is 2.23 bits per heavy atom. The summed E-state index contributed by atoms with van der Waals surface area (Å²) in [6.45, 7) is 3.97. The smallest absolute Gasteiger partial charge is 0.267 e. The molecule has 0 spiro atoms. The third-order valence-corrected chi connectivity index (χ3v) is 4.36. The van der Waals surface area contributed by atoms with Gasteiger partial charge in [0.25, 0.3) is 11.8 Å². The van der Waals surface area contributed by atoms with Gasteiger partial charge in [0, 0.05) is 12.3 Å². The Kier molecular flexibility index (Phi) is 4.81. The average molecular weight is 321 g/mol. The van der Waals surface area contributed by atoms with Crippen LogP contribution < -0.4 is 9.47 Å². The van der Waals surface area contributed by atoms with Crippen LogP contribution in [0.25, 0.3) is 5.57 Å². The van der Waals surface area contributed by atoms with E-state index >= 15 is 0 Å². The van der Waals surface area contributed by atoms with E-state index in [1.165, 1.54) is 25.9 Å². The van der Waals surface area contributed by atoms with Crippen LogP contribution in [0.15, 0.2) is 23.1 Å². The van der Waals surface area contributed by atoms with Crippen LogP contribution in [-0.2, 0) is 9.59 Å². The van der Waals surface area contributed by atoms with Gasteiger partial charge < -0.3 is 9.47 Å². The lowest BCUT2D eigenvalue weighted by molar-refractivity contribution is -0.134. The Balaban J connectivity index is 2.57. The van der Waals surface area contributed by atoms with Gasteiger partial charge in [-0.15, -0.1) is 11.8 Å². The first-order valence-corrected chi connectivity index (χ1v) is 7.74. The molecular formula is C16H19NO4S. The number of nitrogens with zero attached hydrogens (tertiary/aromatic N) is 1. The average Bonchev–Trinajstić information content (AvgIpc) is 2.70. The van der Waals surface area contributed by atoms with Crippen LogP contribution in [0.2, 0.25) is 0 Å². The van der Waals surface area contributed by atoms with Crippen LogP contribution in [0.4, 0.5) is 0 Å². The molecule has 6 heteroatoms. The number of rotatable bonds is 5. The second-order valence-electron chi connectivity index (χ2n) is 5.11. The molecule has 0 unspecified atom stereocenters. The Morgan fingerprint density at radius 1 is 1.05 bits per heavy atom. The van der Waals surface area contributed by atoms with E-state index in [1.807, 2.05) is 13.8 Å². The highest BCUT2D eigenvalue weighted by Crippen LogP contribution is 2.39. The Morgan fingerprint density at radius 2 is 1.68 bits per heavy atom. The monoisotopic (exact) mass is 321 g/mol. The predicted octanol–water partition coefficient (Wildman–Crippen LogP) is 2.56. The van der Waals surface area contributed by atoms with Gasteiger partial charge in [-0.2, -0.15) is 0 Å². The lowest BCUT2D eigenvalue weighted by Crippen LogP contribution is -2.26. The van der Waals surface area contributed by atoms with Gasteiger partial charge in [-0.25, -0.2) is 0 Å². The molecule has 0 bridgehead atoms. The van der Waals surface area contributed by atoms with Gasteiger partial charge in [0.2, 0.25) is 0 Å². The molecule has 0 saturated carbocycles. The summed E-state index contributed by atoms with van der Waals surface area (Å²) in [4.78, 5) is 26.3. The molecular weight excluding hydrogens is 302 g/mol. The van der Waals surface area contributed by atoms with Gasteiger partial charge in [0.15, 0.2) is 11.5 Å². The number of hydrogen-bond acceptors (Lipinski definition) is 5. The maximum absolute atomic E-state index is 12.4. The maximum atomic E-state index is 12.4. The van der Waals surface area contributed by atoms with Crippen molar-refractivity contribution in [3.05, 3.63) is 28.7 Å². The molecule has 0 saturated heterocycles. The molecule has 1 aliphatic heterocycles. The van der Waals surface area contributed by atoms with Crippen molar-refractivity contribution in [2.75, 3.05) is 21.3 Å². The molecule has 22 heavy (non-hydrogen) atoms. The van der Waals surface area contributed by atoms with Crippen molar-refractivity contribution < 1.29 is 19.1 Å². The molecule has 2 amide bonds. The van der Waals surface area contributed by atoms with Gasteiger partial charge in [-0.3, -0.25) is 14.5 Å². The van der Waals surface area contributed by atoms with Gasteiger partial charge >= 0.3 is 0 Å². The van der Waals surface area contributed by atoms with E-state index in [4.69, 9.17) is 9.47 Å². The molecule has 1 heterocycles. The highest BCUT2D eigenvalue weighted by atomic mass is 32.2. The number of benzene rings is 1. The number of likely N-dealkylation sites (N-methyl/N-ethyl adjacent to an activating group) is 1. The molecule has 0 N–H and O–H groups in total. The van der Waals surface area contributed by atoms with Crippen LogP contribution in [0.5, 0.6) is 11.5 Å². The molecule has 0 atom stereocenters. The molecule has 1 aromatic carbocycles. The predicted molar refractivity (Wildman–Crippen MR) is 87.0 cm³/mol. The fourth-order valence-corrected chi connectivity index (χ4v) is 3.24. The summed E-state index contributed by atoms with van der Waals surface area (Å²) in [5, 5.41) is 0.202. The molecule has 1 aliphatic rings. The van der Waals surface area contributed by atoms with Crippen LogP contribution in [0, 0.1) is 0 Å². The summed E-state index contributed by atoms with van der Waals surface area (Å²) >= 11 is 1.40. The molecule has 118 valence electrons. The number of thioether (sulfide) groups is 1. The number of methoxy groups -OCH3 is 2. The zero-order valence-electron chi connectivity index (χ0n) is 13.3. The van der Waals surface area contributed by atoms with Gasteiger partial charge in [-0.1, -0.05) is 19.9 Å². The van der Waals surface area contributed by atoms with E-state index < -0.39 is 0 Å². The topological polar surface area (TPSA) is 55.8 Å². The van der Waals surface area contributed by atoms with Crippen molar-refractivity contribution in [3.8, 4) is 11.5 Å². The van der Waals surface area contributed by atoms with Crippen LogP contribution in [0.3, 0.4) is 0 Å². The van der Waals surface area contributed by atoms with Crippen molar-refractivity contribution in [3.63, 3.8) is 0 Å². The number of imide groups is 1. The lowest BCUT2D eigenvalue weighted by Gasteiger charge is -2.11. The van der Waals surface area contributed by atoms with E-state index in [9.17, 15) is 9.59 Å². The minimum absolute atomic E-state index is 0.202. The fourth-order valence-electron chi connectivity index (χ4n) is 2.21. The first-order valence-electron chi connectivity index (χ1n) is 6.86. The van der Waals surface area contributed by atoms with Crippen molar-refractivity contribution >= 4 is 29.1 Å². The fraction of sp³-hybridized carbons (Fsp3) is 0.375. The van der Waals surface area contributed by atoms with E-state index in [1.54, 1.807) is 25.3 Å². The number of carbonyl (C=O) groups excluding carboxylic acids is 2. The molecule has 0 aliphatic carbocycles. The summed E-state index contributed by atoms with van der Waals surface area (Å²) < 4.78 is 10.5. The van der Waals surface area contributed by atoms with E-state index in [2.05, 4.69) is 0 Å². The SMILES string of the molecule is COc1ccc(C2=C(SC(C)C)C(=O)N(C)C2=O)cc1OC. The summed E-state index contributed by atoms with van der Waals surface area (Å²) in [7, 11) is 4.59. The highest BCUT2D eigenvalue weighted by Gasteiger charge is 2.37. The Labute approximate surface area is 134 Å². The maximum Gasteiger partial charge on any atom is 0.267 e. The highest BCUT2D eigenvalue weighted by molar-refractivity contribution is 8.04. The Hall–Kier alpha value is -1.95. The number of hydrogen-bond donors (Lipinski definition) is 0. The second kappa shape index (κ2) is 6.44. The molecule has 1 aromatic rings. The van der Waals surface area contributed by atoms with Crippen LogP contribution in [-0.4, -0.2) is 43.2 Å². The third kappa shape index (κ3) is 2.83. The van der Waals surface area contributed by atoms with Gasteiger partial charge in [0.1, 0.15) is 0 Å². The zero-order chi connectivity index (χ0) is 16.4. The van der Waals surface area contributed by atoms with Gasteiger partial charge in [0.05, 0.1) is 24.7 Å². The molecule has 0 fully saturated rings. The largest absolute Gasteiger partial charge is 0.493 e. The zero-order valence-corrected chi connectivity index (χ0v) is 14.1. The summed E-state index contributed by atoms with van der Waals surface area (Å²) in [6, 6.07) is 5.22. The van der Waals surface area contributed by atoms with E-state index in [0.29, 0.717) is 27.5 Å². The number of carbonyl (C=O) groups is 2. The van der Waals surface area contributed by atoms with Crippen molar-refractivity contribution in [2.24, 2.45) is 0 Å². The van der Waals surface area contributed by atoms with Crippen molar-refractivity contribution in [1.29, 1.82) is 0 Å². The lowest BCUT2D eigenvalue weighted by atomic mass is 10.1. The van der Waals surface area contributed by atoms with Crippen LogP contribution >= 0.6 is 11.8 Å². The number of amides is 2. The Bertz CT molecular complexity index is 652. The second-order valence-corrected chi connectivity index (χ2v) is 6.70.